The predicted octanol–water partition coefficient (Wildman–Crippen LogP) is 1.14. The minimum absolute atomic E-state index is 0.00954. The summed E-state index contributed by atoms with van der Waals surface area (Å²) in [5.41, 5.74) is 7.58. The lowest BCUT2D eigenvalue weighted by Gasteiger charge is -2.14. The largest absolute Gasteiger partial charge is 0.375 e. The maximum atomic E-state index is 5.56. The molecule has 92 valence electrons. The number of hydrogen-bond acceptors (Lipinski definition) is 4. The van der Waals surface area contributed by atoms with E-state index in [0.717, 1.165) is 24.4 Å². The van der Waals surface area contributed by atoms with Gasteiger partial charge in [-0.15, -0.1) is 5.10 Å². The maximum absolute atomic E-state index is 5.56. The third-order valence-corrected chi connectivity index (χ3v) is 2.50. The number of nitrogens with two attached hydrogens (primary N) is 1. The van der Waals surface area contributed by atoms with Crippen molar-refractivity contribution in [2.45, 2.75) is 39.8 Å². The van der Waals surface area contributed by atoms with Gasteiger partial charge in [-0.05, 0) is 19.4 Å². The van der Waals surface area contributed by atoms with Crippen LogP contribution in [0.1, 0.15) is 38.3 Å². The molecular weight excluding hydrogens is 204 g/mol. The highest BCUT2D eigenvalue weighted by atomic mass is 16.5. The molecule has 1 unspecified atom stereocenters. The van der Waals surface area contributed by atoms with Crippen LogP contribution >= 0.6 is 0 Å². The van der Waals surface area contributed by atoms with Gasteiger partial charge in [0.1, 0.15) is 0 Å². The van der Waals surface area contributed by atoms with Crippen molar-refractivity contribution in [2.75, 3.05) is 13.7 Å². The van der Waals surface area contributed by atoms with Crippen LogP contribution in [0.3, 0.4) is 0 Å². The Balaban J connectivity index is 2.98. The van der Waals surface area contributed by atoms with Crippen LogP contribution in [-0.4, -0.2) is 28.6 Å². The summed E-state index contributed by atoms with van der Waals surface area (Å²) in [6.07, 6.45) is 0.761. The monoisotopic (exact) mass is 226 g/mol. The topological polar surface area (TPSA) is 66.0 Å². The smallest absolute Gasteiger partial charge is 0.0978 e. The number of nitrogens with zero attached hydrogens (tertiary/aromatic N) is 3. The quantitative estimate of drug-likeness (QED) is 0.790. The van der Waals surface area contributed by atoms with Crippen molar-refractivity contribution >= 4 is 0 Å². The van der Waals surface area contributed by atoms with Crippen molar-refractivity contribution < 1.29 is 4.74 Å². The fourth-order valence-corrected chi connectivity index (χ4v) is 1.71. The Morgan fingerprint density at radius 1 is 1.38 bits per heavy atom. The molecule has 1 aromatic rings. The van der Waals surface area contributed by atoms with Crippen LogP contribution in [-0.2, 0) is 17.7 Å². The van der Waals surface area contributed by atoms with E-state index in [2.05, 4.69) is 24.2 Å². The summed E-state index contributed by atoms with van der Waals surface area (Å²) >= 11 is 0. The summed E-state index contributed by atoms with van der Waals surface area (Å²) in [6, 6.07) is 0. The Labute approximate surface area is 97.0 Å². The Morgan fingerprint density at radius 2 is 2.06 bits per heavy atom. The van der Waals surface area contributed by atoms with Crippen molar-refractivity contribution in [1.82, 2.24) is 15.0 Å². The molecule has 0 amide bonds. The van der Waals surface area contributed by atoms with Gasteiger partial charge in [-0.25, -0.2) is 4.68 Å². The lowest BCUT2D eigenvalue weighted by atomic mass is 10.1. The van der Waals surface area contributed by atoms with Crippen LogP contribution in [0.5, 0.6) is 0 Å². The first-order valence-electron chi connectivity index (χ1n) is 5.75. The maximum Gasteiger partial charge on any atom is 0.0978 e. The minimum Gasteiger partial charge on any atom is -0.375 e. The van der Waals surface area contributed by atoms with Gasteiger partial charge in [0.2, 0.25) is 0 Å². The van der Waals surface area contributed by atoms with Crippen LogP contribution in [0, 0.1) is 5.92 Å². The summed E-state index contributed by atoms with van der Waals surface area (Å²) < 4.78 is 7.30. The molecule has 0 saturated carbocycles. The van der Waals surface area contributed by atoms with Gasteiger partial charge in [0, 0.05) is 20.1 Å². The van der Waals surface area contributed by atoms with E-state index >= 15 is 0 Å². The molecule has 1 rings (SSSR count). The van der Waals surface area contributed by atoms with E-state index < -0.39 is 0 Å². The van der Waals surface area contributed by atoms with Crippen LogP contribution in [0.4, 0.5) is 0 Å². The Kier molecular flexibility index (Phi) is 4.89. The molecule has 16 heavy (non-hydrogen) atoms. The average Bonchev–Trinajstić information content (AvgIpc) is 2.60. The second kappa shape index (κ2) is 5.96. The summed E-state index contributed by atoms with van der Waals surface area (Å²) in [6.45, 7) is 7.77. The highest BCUT2D eigenvalue weighted by Crippen LogP contribution is 2.20. The van der Waals surface area contributed by atoms with Crippen LogP contribution < -0.4 is 5.73 Å². The van der Waals surface area contributed by atoms with Crippen molar-refractivity contribution in [3.8, 4) is 0 Å². The predicted molar refractivity (Wildman–Crippen MR) is 63.0 cm³/mol. The summed E-state index contributed by atoms with van der Waals surface area (Å²) in [4.78, 5) is 0. The molecular formula is C11H22N4O. The van der Waals surface area contributed by atoms with E-state index in [9.17, 15) is 0 Å². The normalized spacial score (nSPS) is 13.4. The zero-order valence-corrected chi connectivity index (χ0v) is 10.6. The van der Waals surface area contributed by atoms with E-state index in [1.807, 2.05) is 11.6 Å². The molecule has 0 aromatic carbocycles. The highest BCUT2D eigenvalue weighted by molar-refractivity contribution is 5.13. The first kappa shape index (κ1) is 13.1. The molecule has 1 atom stereocenters. The fraction of sp³-hybridized carbons (Fsp3) is 0.818. The second-order valence-corrected chi connectivity index (χ2v) is 4.41. The second-order valence-electron chi connectivity index (χ2n) is 4.41. The number of hydrogen-bond donors (Lipinski definition) is 1. The number of rotatable bonds is 6. The van der Waals surface area contributed by atoms with Gasteiger partial charge in [-0.2, -0.15) is 0 Å². The Hall–Kier alpha value is -0.940. The molecule has 1 heterocycles. The summed E-state index contributed by atoms with van der Waals surface area (Å²) in [7, 11) is 1.70. The number of ether oxygens (including phenoxy) is 1. The van der Waals surface area contributed by atoms with Crippen LogP contribution in [0.15, 0.2) is 0 Å². The fourth-order valence-electron chi connectivity index (χ4n) is 1.71. The van der Waals surface area contributed by atoms with Crippen molar-refractivity contribution in [3.05, 3.63) is 11.4 Å². The van der Waals surface area contributed by atoms with Gasteiger partial charge < -0.3 is 10.5 Å². The Bertz CT molecular complexity index is 322. The van der Waals surface area contributed by atoms with Gasteiger partial charge in [-0.3, -0.25) is 0 Å². The minimum atomic E-state index is 0.00954. The Morgan fingerprint density at radius 3 is 2.56 bits per heavy atom. The van der Waals surface area contributed by atoms with E-state index in [-0.39, 0.29) is 6.10 Å². The van der Waals surface area contributed by atoms with Crippen molar-refractivity contribution in [1.29, 1.82) is 0 Å². The van der Waals surface area contributed by atoms with Crippen LogP contribution in [0.25, 0.3) is 0 Å². The van der Waals surface area contributed by atoms with Crippen molar-refractivity contribution in [2.24, 2.45) is 11.7 Å². The molecule has 0 spiro atoms. The zero-order chi connectivity index (χ0) is 12.1. The molecule has 0 fully saturated rings. The van der Waals surface area contributed by atoms with Gasteiger partial charge in [0.15, 0.2) is 0 Å². The molecule has 0 aliphatic carbocycles. The first-order valence-corrected chi connectivity index (χ1v) is 5.75. The van der Waals surface area contributed by atoms with Gasteiger partial charge in [0.05, 0.1) is 17.5 Å². The zero-order valence-electron chi connectivity index (χ0n) is 10.6. The lowest BCUT2D eigenvalue weighted by molar-refractivity contribution is 0.110. The molecule has 2 N–H and O–H groups in total. The molecule has 0 aliphatic heterocycles. The van der Waals surface area contributed by atoms with Gasteiger partial charge in [0.25, 0.3) is 0 Å². The molecule has 5 heteroatoms. The number of methoxy groups -OCH3 is 1. The summed E-state index contributed by atoms with van der Waals surface area (Å²) in [5, 5.41) is 8.36. The molecule has 0 bridgehead atoms. The SMILES string of the molecule is COC(C)c1c(CCN)nnn1CC(C)C. The van der Waals surface area contributed by atoms with Gasteiger partial charge in [-0.1, -0.05) is 19.1 Å². The molecule has 5 nitrogen and oxygen atoms in total. The molecule has 0 aliphatic rings. The molecule has 0 radical (unpaired) electrons. The van der Waals surface area contributed by atoms with E-state index in [1.54, 1.807) is 7.11 Å². The van der Waals surface area contributed by atoms with E-state index in [4.69, 9.17) is 10.5 Å². The van der Waals surface area contributed by atoms with Crippen LogP contribution in [0.2, 0.25) is 0 Å². The number of aromatic nitrogens is 3. The standard InChI is InChI=1S/C11H22N4O/c1-8(2)7-15-11(9(3)16-4)10(5-6-12)13-14-15/h8-9H,5-7,12H2,1-4H3. The van der Waals surface area contributed by atoms with Crippen molar-refractivity contribution in [3.63, 3.8) is 0 Å². The van der Waals surface area contributed by atoms with Gasteiger partial charge >= 0.3 is 0 Å². The molecule has 1 aromatic heterocycles. The van der Waals surface area contributed by atoms with E-state index in [0.29, 0.717) is 12.5 Å². The van der Waals surface area contributed by atoms with E-state index in [1.165, 1.54) is 0 Å². The first-order chi connectivity index (χ1) is 7.60. The average molecular weight is 226 g/mol. The summed E-state index contributed by atoms with van der Waals surface area (Å²) in [5.74, 6) is 0.537. The lowest BCUT2D eigenvalue weighted by Crippen LogP contribution is -2.14. The highest BCUT2D eigenvalue weighted by Gasteiger charge is 2.18. The molecule has 0 saturated heterocycles. The third-order valence-electron chi connectivity index (χ3n) is 2.50. The third kappa shape index (κ3) is 3.02.